The van der Waals surface area contributed by atoms with Gasteiger partial charge in [0.15, 0.2) is 0 Å². The third-order valence-corrected chi connectivity index (χ3v) is 6.53. The molecular formula is C26H19ClN4O3S. The molecule has 35 heavy (non-hydrogen) atoms. The fourth-order valence-electron chi connectivity index (χ4n) is 4.11. The Morgan fingerprint density at radius 1 is 0.657 bits per heavy atom. The Labute approximate surface area is 207 Å². The van der Waals surface area contributed by atoms with E-state index in [4.69, 9.17) is 4.98 Å². The highest BCUT2D eigenvalue weighted by molar-refractivity contribution is 7.85. The molecule has 0 fully saturated rings. The van der Waals surface area contributed by atoms with Crippen LogP contribution in [0.25, 0.3) is 57.5 Å². The number of halogens is 1. The van der Waals surface area contributed by atoms with Gasteiger partial charge < -0.3 is 9.97 Å². The summed E-state index contributed by atoms with van der Waals surface area (Å²) in [6.45, 7) is 0. The van der Waals surface area contributed by atoms with Crippen molar-refractivity contribution in [3.63, 3.8) is 0 Å². The van der Waals surface area contributed by atoms with Gasteiger partial charge in [-0.2, -0.15) is 8.42 Å². The zero-order chi connectivity index (χ0) is 23.3. The molecule has 2 aliphatic rings. The summed E-state index contributed by atoms with van der Waals surface area (Å²) >= 11 is 0. The molecule has 0 atom stereocenters. The van der Waals surface area contributed by atoms with Crippen LogP contribution in [0.1, 0.15) is 22.8 Å². The van der Waals surface area contributed by atoms with Crippen molar-refractivity contribution in [3.8, 4) is 11.1 Å². The third-order valence-electron chi connectivity index (χ3n) is 5.66. The van der Waals surface area contributed by atoms with E-state index in [0.717, 1.165) is 56.0 Å². The summed E-state index contributed by atoms with van der Waals surface area (Å²) in [6, 6.07) is 19.9. The van der Waals surface area contributed by atoms with Crippen LogP contribution in [-0.2, 0) is 10.1 Å². The van der Waals surface area contributed by atoms with E-state index in [1.54, 1.807) is 12.1 Å². The molecule has 0 saturated carbocycles. The van der Waals surface area contributed by atoms with Gasteiger partial charge in [0.25, 0.3) is 10.1 Å². The van der Waals surface area contributed by atoms with Crippen LogP contribution in [0.2, 0.25) is 0 Å². The molecule has 0 amide bonds. The van der Waals surface area contributed by atoms with E-state index in [-0.39, 0.29) is 17.3 Å². The van der Waals surface area contributed by atoms with Crippen LogP contribution in [0.15, 0.2) is 71.6 Å². The number of benzene rings is 1. The largest absolute Gasteiger partial charge is 0.355 e. The van der Waals surface area contributed by atoms with Crippen LogP contribution in [0.5, 0.6) is 0 Å². The Morgan fingerprint density at radius 2 is 1.20 bits per heavy atom. The highest BCUT2D eigenvalue weighted by atomic mass is 35.5. The van der Waals surface area contributed by atoms with Crippen molar-refractivity contribution in [2.75, 3.05) is 0 Å². The van der Waals surface area contributed by atoms with E-state index < -0.39 is 10.1 Å². The number of aromatic amines is 2. The van der Waals surface area contributed by atoms with Crippen LogP contribution in [0.4, 0.5) is 0 Å². The molecule has 0 radical (unpaired) electrons. The van der Waals surface area contributed by atoms with Crippen LogP contribution in [0, 0.1) is 0 Å². The van der Waals surface area contributed by atoms with Crippen LogP contribution < -0.4 is 0 Å². The van der Waals surface area contributed by atoms with Crippen molar-refractivity contribution in [1.82, 2.24) is 19.9 Å². The molecule has 7 nitrogen and oxygen atoms in total. The topological polar surface area (TPSA) is 112 Å². The van der Waals surface area contributed by atoms with Crippen molar-refractivity contribution in [3.05, 3.63) is 89.5 Å². The van der Waals surface area contributed by atoms with Gasteiger partial charge in [-0.25, -0.2) is 9.97 Å². The lowest BCUT2D eigenvalue weighted by molar-refractivity contribution is 0.483. The SMILES string of the molecule is Cl.O=S(=O)(O)c1ccc(-c2c3nc(cc4ccc(cc5nc(cc6ccc2[nH]6)C=C5)[nH]4)C=C3)cc1. The highest BCUT2D eigenvalue weighted by Gasteiger charge is 2.13. The van der Waals surface area contributed by atoms with Crippen LogP contribution >= 0.6 is 12.4 Å². The number of nitrogens with one attached hydrogen (secondary N) is 2. The number of aromatic nitrogens is 4. The molecule has 1 aromatic carbocycles. The van der Waals surface area contributed by atoms with E-state index in [1.165, 1.54) is 12.1 Å². The molecule has 0 spiro atoms. The standard InChI is InChI=1S/C26H18N4O3S.ClH/c31-34(32,33)23-9-1-16(2-10-23)26-24-11-7-21(29-24)14-19-5-3-17(27-19)13-18-4-6-20(28-18)15-22-8-12-25(26)30-22;/h1-15,27,30H,(H,31,32,33);1H. The van der Waals surface area contributed by atoms with Crippen LogP contribution in [0.3, 0.4) is 0 Å². The number of hydrogen-bond acceptors (Lipinski definition) is 4. The first-order chi connectivity index (χ1) is 16.4. The minimum Gasteiger partial charge on any atom is -0.355 e. The van der Waals surface area contributed by atoms with Gasteiger partial charge in [0, 0.05) is 27.6 Å². The number of fused-ring (bicyclic) bond motifs is 8. The summed E-state index contributed by atoms with van der Waals surface area (Å²) in [7, 11) is -4.28. The number of H-pyrrole nitrogens is 2. The Hall–Kier alpha value is -3.98. The molecular weight excluding hydrogens is 484 g/mol. The Bertz CT molecular complexity index is 1780. The molecule has 0 aliphatic carbocycles. The summed E-state index contributed by atoms with van der Waals surface area (Å²) < 4.78 is 32.4. The van der Waals surface area contributed by atoms with Gasteiger partial charge >= 0.3 is 0 Å². The average molecular weight is 503 g/mol. The zero-order valence-electron chi connectivity index (χ0n) is 18.1. The average Bonchev–Trinajstić information content (AvgIpc) is 3.59. The van der Waals surface area contributed by atoms with E-state index in [2.05, 4.69) is 15.0 Å². The van der Waals surface area contributed by atoms with Gasteiger partial charge in [-0.1, -0.05) is 12.1 Å². The highest BCUT2D eigenvalue weighted by Crippen LogP contribution is 2.30. The van der Waals surface area contributed by atoms with Crippen molar-refractivity contribution in [2.45, 2.75) is 4.90 Å². The van der Waals surface area contributed by atoms with E-state index >= 15 is 0 Å². The summed E-state index contributed by atoms with van der Waals surface area (Å²) in [5.41, 5.74) is 8.35. The monoisotopic (exact) mass is 502 g/mol. The summed E-state index contributed by atoms with van der Waals surface area (Å²) in [5, 5.41) is 0. The maximum atomic E-state index is 11.5. The first kappa shape index (κ1) is 22.8. The molecule has 4 aromatic rings. The third kappa shape index (κ3) is 4.54. The van der Waals surface area contributed by atoms with Gasteiger partial charge in [-0.3, -0.25) is 4.55 Å². The molecule has 5 heterocycles. The van der Waals surface area contributed by atoms with Gasteiger partial charge in [-0.05, 0) is 84.5 Å². The van der Waals surface area contributed by atoms with Gasteiger partial charge in [0.1, 0.15) is 0 Å². The van der Waals surface area contributed by atoms with E-state index in [0.29, 0.717) is 0 Å². The van der Waals surface area contributed by atoms with Crippen molar-refractivity contribution < 1.29 is 13.0 Å². The normalized spacial score (nSPS) is 12.5. The molecule has 8 bridgehead atoms. The fraction of sp³-hybridized carbons (Fsp3) is 0. The van der Waals surface area contributed by atoms with E-state index in [9.17, 15) is 13.0 Å². The van der Waals surface area contributed by atoms with Gasteiger partial charge in [0.2, 0.25) is 0 Å². The second-order valence-electron chi connectivity index (χ2n) is 8.05. The molecule has 174 valence electrons. The smallest absolute Gasteiger partial charge is 0.294 e. The first-order valence-corrected chi connectivity index (χ1v) is 12.0. The van der Waals surface area contributed by atoms with E-state index in [1.807, 2.05) is 66.8 Å². The number of nitrogens with zero attached hydrogens (tertiary/aromatic N) is 2. The predicted molar refractivity (Wildman–Crippen MR) is 141 cm³/mol. The second kappa shape index (κ2) is 8.66. The maximum absolute atomic E-state index is 11.5. The Morgan fingerprint density at radius 3 is 1.83 bits per heavy atom. The summed E-state index contributed by atoms with van der Waals surface area (Å²) in [6.07, 6.45) is 7.80. The van der Waals surface area contributed by atoms with Crippen molar-refractivity contribution in [1.29, 1.82) is 0 Å². The Kier molecular flexibility index (Phi) is 5.64. The molecule has 6 rings (SSSR count). The molecule has 3 aromatic heterocycles. The molecule has 9 heteroatoms. The second-order valence-corrected chi connectivity index (χ2v) is 9.48. The van der Waals surface area contributed by atoms with Crippen molar-refractivity contribution in [2.24, 2.45) is 0 Å². The number of rotatable bonds is 2. The lowest BCUT2D eigenvalue weighted by Crippen LogP contribution is -1.97. The summed E-state index contributed by atoms with van der Waals surface area (Å²) in [5.74, 6) is 0. The van der Waals surface area contributed by atoms with Crippen LogP contribution in [-0.4, -0.2) is 32.9 Å². The predicted octanol–water partition coefficient (Wildman–Crippen LogP) is 5.99. The van der Waals surface area contributed by atoms with Gasteiger partial charge in [0.05, 0.1) is 27.7 Å². The van der Waals surface area contributed by atoms with Crippen molar-refractivity contribution >= 4 is 68.9 Å². The molecule has 2 aliphatic heterocycles. The maximum Gasteiger partial charge on any atom is 0.294 e. The molecule has 3 N–H and O–H groups in total. The number of hydrogen-bond donors (Lipinski definition) is 3. The zero-order valence-corrected chi connectivity index (χ0v) is 19.8. The van der Waals surface area contributed by atoms with Gasteiger partial charge in [-0.15, -0.1) is 12.4 Å². The minimum atomic E-state index is -4.28. The summed E-state index contributed by atoms with van der Waals surface area (Å²) in [4.78, 5) is 16.1. The lowest BCUT2D eigenvalue weighted by Gasteiger charge is -2.05. The lowest BCUT2D eigenvalue weighted by atomic mass is 10.0. The molecule has 0 unspecified atom stereocenters. The first-order valence-electron chi connectivity index (χ1n) is 10.6. The fourth-order valence-corrected chi connectivity index (χ4v) is 4.59. The molecule has 0 saturated heterocycles. The quantitative estimate of drug-likeness (QED) is 0.252. The Balaban J connectivity index is 0.00000253. The minimum absolute atomic E-state index is 0.